The summed E-state index contributed by atoms with van der Waals surface area (Å²) in [7, 11) is 3.00. The van der Waals surface area contributed by atoms with Crippen LogP contribution in [0.25, 0.3) is 11.2 Å². The standard InChI is InChI=1S/C24H25ClN8O4/c1-36-8-6-26-16-5-7-32-22(9-16)18(11-27-32)23(34)29-20-10-17(3-4-19(20)25)33-28-12-21(30-33)15-13-31(14-15)24(35)37-2/h3-5,7,9-12,15,26H,6,8,13-14H2,1-2H3,(H,29,34). The Kier molecular flexibility index (Phi) is 6.93. The molecule has 3 aromatic heterocycles. The molecule has 0 bridgehead atoms. The predicted molar refractivity (Wildman–Crippen MR) is 137 cm³/mol. The average molecular weight is 525 g/mol. The Morgan fingerprint density at radius 1 is 1.14 bits per heavy atom. The van der Waals surface area contributed by atoms with E-state index in [1.165, 1.54) is 18.1 Å². The van der Waals surface area contributed by atoms with Crippen molar-refractivity contribution in [3.63, 3.8) is 0 Å². The Labute approximate surface area is 217 Å². The number of methoxy groups -OCH3 is 2. The summed E-state index contributed by atoms with van der Waals surface area (Å²) in [6.07, 6.45) is 4.61. The molecule has 1 fully saturated rings. The van der Waals surface area contributed by atoms with Gasteiger partial charge in [-0.15, -0.1) is 0 Å². The van der Waals surface area contributed by atoms with Crippen LogP contribution in [0.5, 0.6) is 0 Å². The molecule has 0 atom stereocenters. The molecule has 0 saturated carbocycles. The highest BCUT2D eigenvalue weighted by atomic mass is 35.5. The van der Waals surface area contributed by atoms with E-state index in [1.54, 1.807) is 47.1 Å². The number of hydrogen-bond acceptors (Lipinski definition) is 8. The van der Waals surface area contributed by atoms with Gasteiger partial charge in [0.1, 0.15) is 0 Å². The second-order valence-corrected chi connectivity index (χ2v) is 8.88. The van der Waals surface area contributed by atoms with Gasteiger partial charge in [0.15, 0.2) is 0 Å². The first-order chi connectivity index (χ1) is 18.0. The summed E-state index contributed by atoms with van der Waals surface area (Å²) >= 11 is 6.39. The van der Waals surface area contributed by atoms with Crippen LogP contribution in [-0.2, 0) is 9.47 Å². The lowest BCUT2D eigenvalue weighted by atomic mass is 9.98. The number of pyridine rings is 1. The van der Waals surface area contributed by atoms with Crippen LogP contribution in [0.3, 0.4) is 0 Å². The number of hydrogen-bond donors (Lipinski definition) is 2. The SMILES string of the molecule is COCCNc1ccn2ncc(C(=O)Nc3cc(-n4ncc(C5CN(C(=O)OC)C5)n4)ccc3Cl)c2c1. The van der Waals surface area contributed by atoms with Crippen LogP contribution in [0.4, 0.5) is 16.2 Å². The zero-order valence-electron chi connectivity index (χ0n) is 20.2. The molecular formula is C24H25ClN8O4. The van der Waals surface area contributed by atoms with E-state index >= 15 is 0 Å². The molecule has 13 heteroatoms. The Morgan fingerprint density at radius 2 is 1.97 bits per heavy atom. The van der Waals surface area contributed by atoms with Gasteiger partial charge in [0, 0.05) is 44.5 Å². The third-order valence-electron chi connectivity index (χ3n) is 6.07. The Morgan fingerprint density at radius 3 is 2.76 bits per heavy atom. The van der Waals surface area contributed by atoms with Crippen LogP contribution in [0.2, 0.25) is 5.02 Å². The van der Waals surface area contributed by atoms with Crippen molar-refractivity contribution in [3.05, 3.63) is 65.2 Å². The summed E-state index contributed by atoms with van der Waals surface area (Å²) in [4.78, 5) is 27.8. The molecule has 2 amide bonds. The van der Waals surface area contributed by atoms with Gasteiger partial charge in [-0.2, -0.15) is 20.1 Å². The smallest absolute Gasteiger partial charge is 0.409 e. The summed E-state index contributed by atoms with van der Waals surface area (Å²) in [6.45, 7) is 2.25. The molecule has 5 rings (SSSR count). The third kappa shape index (κ3) is 5.06. The van der Waals surface area contributed by atoms with E-state index in [9.17, 15) is 9.59 Å². The number of fused-ring (bicyclic) bond motifs is 1. The summed E-state index contributed by atoms with van der Waals surface area (Å²) in [6, 6.07) is 8.86. The monoisotopic (exact) mass is 524 g/mol. The first kappa shape index (κ1) is 24.5. The maximum Gasteiger partial charge on any atom is 0.409 e. The number of nitrogens with one attached hydrogen (secondary N) is 2. The lowest BCUT2D eigenvalue weighted by Crippen LogP contribution is -2.48. The van der Waals surface area contributed by atoms with Gasteiger partial charge in [-0.05, 0) is 30.3 Å². The van der Waals surface area contributed by atoms with Crippen molar-refractivity contribution in [2.45, 2.75) is 5.92 Å². The summed E-state index contributed by atoms with van der Waals surface area (Å²) in [5.41, 5.74) is 3.70. The van der Waals surface area contributed by atoms with E-state index in [1.807, 2.05) is 12.1 Å². The van der Waals surface area contributed by atoms with Gasteiger partial charge in [-0.3, -0.25) is 4.79 Å². The van der Waals surface area contributed by atoms with Crippen molar-refractivity contribution >= 4 is 40.5 Å². The number of likely N-dealkylation sites (tertiary alicyclic amines) is 1. The Balaban J connectivity index is 1.31. The first-order valence-corrected chi connectivity index (χ1v) is 11.9. The minimum Gasteiger partial charge on any atom is -0.453 e. The number of aromatic nitrogens is 5. The second kappa shape index (κ2) is 10.4. The van der Waals surface area contributed by atoms with Crippen molar-refractivity contribution in [3.8, 4) is 5.69 Å². The topological polar surface area (TPSA) is 128 Å². The normalized spacial score (nSPS) is 13.4. The molecule has 0 unspecified atom stereocenters. The zero-order chi connectivity index (χ0) is 25.9. The molecule has 37 heavy (non-hydrogen) atoms. The average Bonchev–Trinajstić information content (AvgIpc) is 3.52. The van der Waals surface area contributed by atoms with Crippen LogP contribution in [-0.4, -0.2) is 82.0 Å². The van der Waals surface area contributed by atoms with Gasteiger partial charge < -0.3 is 25.0 Å². The number of amides is 2. The number of nitrogens with zero attached hydrogens (tertiary/aromatic N) is 6. The molecule has 192 valence electrons. The molecule has 1 saturated heterocycles. The molecule has 12 nitrogen and oxygen atoms in total. The van der Waals surface area contributed by atoms with Crippen LogP contribution in [0, 0.1) is 0 Å². The number of carbonyl (C=O) groups excluding carboxylic acids is 2. The van der Waals surface area contributed by atoms with Crippen molar-refractivity contribution in [1.82, 2.24) is 29.5 Å². The van der Waals surface area contributed by atoms with E-state index in [-0.39, 0.29) is 17.9 Å². The van der Waals surface area contributed by atoms with Gasteiger partial charge in [0.2, 0.25) is 0 Å². The molecule has 1 aromatic carbocycles. The van der Waals surface area contributed by atoms with Gasteiger partial charge in [0.25, 0.3) is 5.91 Å². The third-order valence-corrected chi connectivity index (χ3v) is 6.40. The lowest BCUT2D eigenvalue weighted by Gasteiger charge is -2.36. The number of rotatable bonds is 8. The fourth-order valence-electron chi connectivity index (χ4n) is 4.02. The summed E-state index contributed by atoms with van der Waals surface area (Å²) in [5.74, 6) is -0.265. The predicted octanol–water partition coefficient (Wildman–Crippen LogP) is 3.04. The van der Waals surface area contributed by atoms with Crippen molar-refractivity contribution in [2.24, 2.45) is 0 Å². The van der Waals surface area contributed by atoms with Crippen molar-refractivity contribution < 1.29 is 19.1 Å². The van der Waals surface area contributed by atoms with Crippen molar-refractivity contribution in [1.29, 1.82) is 0 Å². The number of benzene rings is 1. The fourth-order valence-corrected chi connectivity index (χ4v) is 4.18. The zero-order valence-corrected chi connectivity index (χ0v) is 21.0. The molecule has 1 aliphatic heterocycles. The lowest BCUT2D eigenvalue weighted by molar-refractivity contribution is 0.0871. The Hall–Kier alpha value is -4.16. The van der Waals surface area contributed by atoms with Gasteiger partial charge in [-0.1, -0.05) is 11.6 Å². The molecule has 0 spiro atoms. The Bertz CT molecular complexity index is 1450. The maximum atomic E-state index is 13.2. The van der Waals surface area contributed by atoms with E-state index in [4.69, 9.17) is 21.1 Å². The molecule has 2 N–H and O–H groups in total. The van der Waals surface area contributed by atoms with Gasteiger partial charge in [-0.25, -0.2) is 9.31 Å². The van der Waals surface area contributed by atoms with Crippen molar-refractivity contribution in [2.75, 3.05) is 51.1 Å². The maximum absolute atomic E-state index is 13.2. The highest BCUT2D eigenvalue weighted by Gasteiger charge is 2.34. The second-order valence-electron chi connectivity index (χ2n) is 8.47. The minimum atomic E-state index is -0.355. The van der Waals surface area contributed by atoms with E-state index in [0.717, 1.165) is 11.4 Å². The van der Waals surface area contributed by atoms with Crippen LogP contribution >= 0.6 is 11.6 Å². The number of ether oxygens (including phenoxy) is 2. The molecular weight excluding hydrogens is 500 g/mol. The quantitative estimate of drug-likeness (QED) is 0.337. The molecule has 1 aliphatic rings. The highest BCUT2D eigenvalue weighted by molar-refractivity contribution is 6.34. The fraction of sp³-hybridized carbons (Fsp3) is 0.292. The van der Waals surface area contributed by atoms with Gasteiger partial charge >= 0.3 is 6.09 Å². The van der Waals surface area contributed by atoms with E-state index in [2.05, 4.69) is 25.9 Å². The summed E-state index contributed by atoms with van der Waals surface area (Å²) in [5, 5.41) is 19.7. The number of carbonyl (C=O) groups is 2. The van der Waals surface area contributed by atoms with Crippen LogP contribution < -0.4 is 10.6 Å². The minimum absolute atomic E-state index is 0.0869. The molecule has 4 heterocycles. The van der Waals surface area contributed by atoms with Gasteiger partial charge in [0.05, 0.1) is 59.3 Å². The van der Waals surface area contributed by atoms with Crippen LogP contribution in [0.15, 0.2) is 48.9 Å². The highest BCUT2D eigenvalue weighted by Crippen LogP contribution is 2.28. The van der Waals surface area contributed by atoms with Crippen LogP contribution in [0.1, 0.15) is 22.0 Å². The molecule has 0 aliphatic carbocycles. The molecule has 4 aromatic rings. The van der Waals surface area contributed by atoms with E-state index < -0.39 is 0 Å². The first-order valence-electron chi connectivity index (χ1n) is 11.5. The number of anilines is 2. The largest absolute Gasteiger partial charge is 0.453 e. The molecule has 0 radical (unpaired) electrons. The summed E-state index contributed by atoms with van der Waals surface area (Å²) < 4.78 is 11.4. The van der Waals surface area contributed by atoms with E-state index in [0.29, 0.717) is 53.7 Å². The number of halogens is 1.